The molecule has 0 aromatic rings. The lowest BCUT2D eigenvalue weighted by Gasteiger charge is -2.40. The quantitative estimate of drug-likeness (QED) is 0.186. The van der Waals surface area contributed by atoms with Crippen LogP contribution in [0.2, 0.25) is 0 Å². The number of aliphatic carboxylic acids is 1. The van der Waals surface area contributed by atoms with Crippen LogP contribution in [0.1, 0.15) is 40.5 Å². The number of rotatable bonds is 10. The number of carboxylic acid groups (broad SMARTS) is 1. The lowest BCUT2D eigenvalue weighted by Crippen LogP contribution is -2.63. The van der Waals surface area contributed by atoms with E-state index in [1.807, 2.05) is 0 Å². The van der Waals surface area contributed by atoms with Gasteiger partial charge in [0.1, 0.15) is 35.9 Å². The second-order valence-electron chi connectivity index (χ2n) is 7.55. The number of nitrogens with one attached hydrogen (secondary N) is 2. The topological polar surface area (TPSA) is 203 Å². The molecule has 5 unspecified atom stereocenters. The van der Waals surface area contributed by atoms with E-state index >= 15 is 0 Å². The summed E-state index contributed by atoms with van der Waals surface area (Å²) in [6, 6.07) is -1.64. The SMILES string of the molecule is CC(=O)NC1C(O)OC(CO)C(O)C1O.CC(=O)[C@H](CCC(=O)O)NCC(=O)C(C)C. The molecule has 0 saturated carbocycles. The summed E-state index contributed by atoms with van der Waals surface area (Å²) in [4.78, 5) is 43.6. The third kappa shape index (κ3) is 10.8. The molecule has 0 radical (unpaired) electrons. The number of carboxylic acids is 1. The van der Waals surface area contributed by atoms with Crippen molar-refractivity contribution in [3.8, 4) is 0 Å². The first-order valence-electron chi connectivity index (χ1n) is 9.87. The number of hydrogen-bond acceptors (Lipinski definition) is 10. The number of carbonyl (C=O) groups excluding carboxylic acids is 3. The van der Waals surface area contributed by atoms with E-state index in [0.29, 0.717) is 0 Å². The molecule has 0 aromatic carbocycles. The summed E-state index contributed by atoms with van der Waals surface area (Å²) in [7, 11) is 0. The summed E-state index contributed by atoms with van der Waals surface area (Å²) in [6.45, 7) is 5.75. The maximum absolute atomic E-state index is 11.3. The van der Waals surface area contributed by atoms with Crippen LogP contribution in [0, 0.1) is 5.92 Å². The van der Waals surface area contributed by atoms with Gasteiger partial charge in [0, 0.05) is 19.3 Å². The van der Waals surface area contributed by atoms with Gasteiger partial charge in [0.2, 0.25) is 5.91 Å². The third-order valence-electron chi connectivity index (χ3n) is 4.57. The predicted molar refractivity (Wildman–Crippen MR) is 107 cm³/mol. The number of carbonyl (C=O) groups is 4. The lowest BCUT2D eigenvalue weighted by atomic mass is 9.97. The van der Waals surface area contributed by atoms with Gasteiger partial charge < -0.3 is 40.9 Å². The first kappa shape index (κ1) is 29.0. The minimum atomic E-state index is -1.45. The van der Waals surface area contributed by atoms with Gasteiger partial charge in [0.25, 0.3) is 0 Å². The van der Waals surface area contributed by atoms with Crippen LogP contribution in [0.25, 0.3) is 0 Å². The van der Waals surface area contributed by atoms with Gasteiger partial charge in [-0.05, 0) is 13.3 Å². The average molecular weight is 450 g/mol. The van der Waals surface area contributed by atoms with Crippen LogP contribution < -0.4 is 10.6 Å². The van der Waals surface area contributed by atoms with Gasteiger partial charge in [-0.2, -0.15) is 0 Å². The van der Waals surface area contributed by atoms with Crippen LogP contribution in [0.4, 0.5) is 0 Å². The Morgan fingerprint density at radius 2 is 1.61 bits per heavy atom. The fourth-order valence-corrected chi connectivity index (χ4v) is 2.63. The van der Waals surface area contributed by atoms with Crippen molar-refractivity contribution in [1.29, 1.82) is 0 Å². The molecule has 12 heteroatoms. The summed E-state index contributed by atoms with van der Waals surface area (Å²) in [5.74, 6) is -1.61. The Hall–Kier alpha value is -1.96. The standard InChI is InChI=1S/C11H19NO4.C8H15NO6/c1-7(2)10(14)6-12-9(8(3)13)4-5-11(15)16;1-3(11)9-5-7(13)6(12)4(2-10)15-8(5)14/h7,9,12H,4-6H2,1-3H3,(H,15,16);4-8,10,12-14H,2H2,1H3,(H,9,11)/t9-;/m0./s1. The Labute approximate surface area is 180 Å². The van der Waals surface area contributed by atoms with Crippen molar-refractivity contribution < 1.29 is 49.4 Å². The maximum Gasteiger partial charge on any atom is 0.303 e. The van der Waals surface area contributed by atoms with Crippen LogP contribution in [-0.4, -0.2) is 98.8 Å². The molecule has 1 fully saturated rings. The smallest absolute Gasteiger partial charge is 0.303 e. The summed E-state index contributed by atoms with van der Waals surface area (Å²) in [6.07, 6.45) is -5.10. The van der Waals surface area contributed by atoms with Crippen LogP contribution in [0.15, 0.2) is 0 Å². The minimum Gasteiger partial charge on any atom is -0.481 e. The molecule has 180 valence electrons. The van der Waals surface area contributed by atoms with Gasteiger partial charge in [-0.1, -0.05) is 13.8 Å². The van der Waals surface area contributed by atoms with Crippen LogP contribution in [-0.2, 0) is 23.9 Å². The van der Waals surface area contributed by atoms with Crippen molar-refractivity contribution in [1.82, 2.24) is 10.6 Å². The monoisotopic (exact) mass is 450 g/mol. The van der Waals surface area contributed by atoms with Crippen LogP contribution in [0.3, 0.4) is 0 Å². The number of amides is 1. The molecule has 0 aliphatic carbocycles. The Bertz CT molecular complexity index is 612. The maximum atomic E-state index is 11.3. The van der Waals surface area contributed by atoms with Crippen molar-refractivity contribution in [3.63, 3.8) is 0 Å². The van der Waals surface area contributed by atoms with Gasteiger partial charge in [-0.15, -0.1) is 0 Å². The number of ketones is 2. The fraction of sp³-hybridized carbons (Fsp3) is 0.789. The number of aliphatic hydroxyl groups excluding tert-OH is 4. The molecule has 1 aliphatic rings. The fourth-order valence-electron chi connectivity index (χ4n) is 2.63. The Morgan fingerprint density at radius 1 is 1.03 bits per heavy atom. The lowest BCUT2D eigenvalue weighted by molar-refractivity contribution is -0.253. The van der Waals surface area contributed by atoms with E-state index in [2.05, 4.69) is 10.6 Å². The first-order chi connectivity index (χ1) is 14.3. The molecular formula is C19H34N2O10. The van der Waals surface area contributed by atoms with Crippen molar-refractivity contribution >= 4 is 23.4 Å². The van der Waals surface area contributed by atoms with Crippen molar-refractivity contribution in [2.45, 2.75) is 77.2 Å². The zero-order valence-corrected chi connectivity index (χ0v) is 18.1. The molecule has 1 amide bonds. The molecule has 12 nitrogen and oxygen atoms in total. The largest absolute Gasteiger partial charge is 0.481 e. The summed E-state index contributed by atoms with van der Waals surface area (Å²) < 4.78 is 4.81. The van der Waals surface area contributed by atoms with E-state index in [1.165, 1.54) is 13.8 Å². The third-order valence-corrected chi connectivity index (χ3v) is 4.57. The Morgan fingerprint density at radius 3 is 2.03 bits per heavy atom. The van der Waals surface area contributed by atoms with Crippen molar-refractivity contribution in [3.05, 3.63) is 0 Å². The van der Waals surface area contributed by atoms with Gasteiger partial charge in [0.05, 0.1) is 19.2 Å². The Balaban J connectivity index is 0.000000581. The van der Waals surface area contributed by atoms with Crippen molar-refractivity contribution in [2.24, 2.45) is 5.92 Å². The van der Waals surface area contributed by atoms with Gasteiger partial charge in [-0.25, -0.2) is 0 Å². The highest BCUT2D eigenvalue weighted by Crippen LogP contribution is 2.19. The van der Waals surface area contributed by atoms with E-state index in [0.717, 1.165) is 0 Å². The average Bonchev–Trinajstić information content (AvgIpc) is 2.67. The summed E-state index contributed by atoms with van der Waals surface area (Å²) >= 11 is 0. The minimum absolute atomic E-state index is 0.0153. The van der Waals surface area contributed by atoms with E-state index < -0.39 is 55.2 Å². The molecule has 31 heavy (non-hydrogen) atoms. The molecule has 6 atom stereocenters. The molecular weight excluding hydrogens is 416 g/mol. The number of aliphatic hydroxyl groups is 4. The van der Waals surface area contributed by atoms with Crippen molar-refractivity contribution in [2.75, 3.05) is 13.2 Å². The van der Waals surface area contributed by atoms with Gasteiger partial charge >= 0.3 is 5.97 Å². The van der Waals surface area contributed by atoms with E-state index in [1.54, 1.807) is 13.8 Å². The summed E-state index contributed by atoms with van der Waals surface area (Å²) in [5.41, 5.74) is 0. The number of hydrogen-bond donors (Lipinski definition) is 7. The molecule has 0 aromatic heterocycles. The van der Waals surface area contributed by atoms with Gasteiger partial charge in [0.15, 0.2) is 6.29 Å². The highest BCUT2D eigenvalue weighted by molar-refractivity contribution is 5.85. The molecule has 0 spiro atoms. The van der Waals surface area contributed by atoms with E-state index in [9.17, 15) is 34.5 Å². The molecule has 1 heterocycles. The predicted octanol–water partition coefficient (Wildman–Crippen LogP) is -2.45. The second-order valence-corrected chi connectivity index (χ2v) is 7.55. The molecule has 1 rings (SSSR count). The van der Waals surface area contributed by atoms with E-state index in [-0.39, 0.29) is 36.9 Å². The zero-order valence-electron chi connectivity index (χ0n) is 18.1. The highest BCUT2D eigenvalue weighted by Gasteiger charge is 2.43. The molecule has 1 saturated heterocycles. The normalized spacial score (nSPS) is 26.4. The summed E-state index contributed by atoms with van der Waals surface area (Å²) in [5, 5.41) is 50.7. The molecule has 7 N–H and O–H groups in total. The molecule has 0 bridgehead atoms. The highest BCUT2D eigenvalue weighted by atomic mass is 16.6. The second kappa shape index (κ2) is 14.2. The Kier molecular flexibility index (Phi) is 13.3. The van der Waals surface area contributed by atoms with Crippen LogP contribution >= 0.6 is 0 Å². The van der Waals surface area contributed by atoms with E-state index in [4.69, 9.17) is 14.9 Å². The van der Waals surface area contributed by atoms with Crippen LogP contribution in [0.5, 0.6) is 0 Å². The zero-order chi connectivity index (χ0) is 24.3. The van der Waals surface area contributed by atoms with Gasteiger partial charge in [-0.3, -0.25) is 19.2 Å². The number of ether oxygens (including phenoxy) is 1. The molecule has 1 aliphatic heterocycles. The first-order valence-corrected chi connectivity index (χ1v) is 9.87. The number of Topliss-reactive ketones (excluding diaryl/α,β-unsaturated/α-hetero) is 2.